The maximum absolute atomic E-state index is 14.2. The Bertz CT molecular complexity index is 919. The maximum atomic E-state index is 14.2. The van der Waals surface area contributed by atoms with E-state index in [2.05, 4.69) is 9.73 Å². The summed E-state index contributed by atoms with van der Waals surface area (Å²) in [5.74, 6) is -0.927. The van der Waals surface area contributed by atoms with Crippen molar-refractivity contribution in [1.29, 1.82) is 0 Å². The Kier molecular flexibility index (Phi) is 5.12. The first-order valence-electron chi connectivity index (χ1n) is 7.03. The van der Waals surface area contributed by atoms with E-state index in [0.29, 0.717) is 22.8 Å². The van der Waals surface area contributed by atoms with Crippen LogP contribution in [0.4, 0.5) is 10.1 Å². The lowest BCUT2D eigenvalue weighted by atomic mass is 10.3. The number of benzene rings is 1. The second-order valence-corrected chi connectivity index (χ2v) is 7.30. The molecule has 1 aromatic carbocycles. The summed E-state index contributed by atoms with van der Waals surface area (Å²) >= 11 is 8.13. The van der Waals surface area contributed by atoms with Crippen molar-refractivity contribution in [3.8, 4) is 0 Å². The average Bonchev–Trinajstić information content (AvgIpc) is 3.14. The average molecular weight is 390 g/mol. The number of hydrogen-bond donors (Lipinski definition) is 0. The molecule has 0 saturated heterocycles. The number of carbonyl (C=O) groups is 1. The second kappa shape index (κ2) is 7.12. The van der Waals surface area contributed by atoms with Crippen LogP contribution < -0.4 is 9.67 Å². The summed E-state index contributed by atoms with van der Waals surface area (Å²) in [7, 11) is 1.29. The zero-order valence-corrected chi connectivity index (χ0v) is 15.0. The minimum atomic E-state index is -0.583. The molecule has 1 aromatic heterocycles. The van der Waals surface area contributed by atoms with Gasteiger partial charge in [-0.2, -0.15) is 0 Å². The Labute approximate surface area is 149 Å². The fourth-order valence-electron chi connectivity index (χ4n) is 2.28. The number of rotatable bonds is 4. The van der Waals surface area contributed by atoms with Crippen molar-refractivity contribution in [2.45, 2.75) is 24.4 Å². The highest BCUT2D eigenvalue weighted by molar-refractivity contribution is 8.00. The Hall–Kier alpha value is -1.58. The highest BCUT2D eigenvalue weighted by Gasteiger charge is 2.16. The molecule has 24 heavy (non-hydrogen) atoms. The van der Waals surface area contributed by atoms with Crippen LogP contribution in [0.2, 0.25) is 5.02 Å². The number of methoxy groups -OCH3 is 1. The van der Waals surface area contributed by atoms with Crippen LogP contribution in [-0.4, -0.2) is 28.2 Å². The van der Waals surface area contributed by atoms with Crippen molar-refractivity contribution in [3.63, 3.8) is 0 Å². The predicted octanol–water partition coefficient (Wildman–Crippen LogP) is 2.41. The van der Waals surface area contributed by atoms with E-state index < -0.39 is 11.8 Å². The lowest BCUT2D eigenvalue weighted by molar-refractivity contribution is -0.137. The van der Waals surface area contributed by atoms with Crippen molar-refractivity contribution in [2.75, 3.05) is 12.9 Å². The SMILES string of the molecule is COC(=O)CSc1cc(N=c2sc(=O)n3n2CCC3)c(F)cc1Cl. The number of aromatic nitrogens is 2. The van der Waals surface area contributed by atoms with Crippen molar-refractivity contribution in [3.05, 3.63) is 37.4 Å². The van der Waals surface area contributed by atoms with Gasteiger partial charge in [-0.15, -0.1) is 11.8 Å². The molecule has 10 heteroatoms. The van der Waals surface area contributed by atoms with Crippen LogP contribution in [0.5, 0.6) is 0 Å². The summed E-state index contributed by atoms with van der Waals surface area (Å²) in [6.45, 7) is 1.32. The molecule has 0 aliphatic carbocycles. The van der Waals surface area contributed by atoms with Gasteiger partial charge in [0.2, 0.25) is 4.80 Å². The topological polar surface area (TPSA) is 65.6 Å². The number of thioether (sulfide) groups is 1. The molecule has 0 fully saturated rings. The van der Waals surface area contributed by atoms with E-state index >= 15 is 0 Å². The van der Waals surface area contributed by atoms with Crippen LogP contribution in [-0.2, 0) is 22.6 Å². The lowest BCUT2D eigenvalue weighted by Gasteiger charge is -2.06. The van der Waals surface area contributed by atoms with Gasteiger partial charge in [0, 0.05) is 18.0 Å². The number of hydrogen-bond acceptors (Lipinski definition) is 6. The molecule has 0 unspecified atom stereocenters. The minimum Gasteiger partial charge on any atom is -0.468 e. The van der Waals surface area contributed by atoms with E-state index in [4.69, 9.17) is 11.6 Å². The van der Waals surface area contributed by atoms with Gasteiger partial charge in [0.05, 0.1) is 17.9 Å². The van der Waals surface area contributed by atoms with Crippen LogP contribution in [0, 0.1) is 5.82 Å². The van der Waals surface area contributed by atoms with Crippen molar-refractivity contribution >= 4 is 46.4 Å². The highest BCUT2D eigenvalue weighted by atomic mass is 35.5. The summed E-state index contributed by atoms with van der Waals surface area (Å²) < 4.78 is 22.1. The fraction of sp³-hybridized carbons (Fsp3) is 0.357. The number of ether oxygens (including phenoxy) is 1. The number of fused-ring (bicyclic) bond motifs is 1. The van der Waals surface area contributed by atoms with Gasteiger partial charge in [-0.1, -0.05) is 11.6 Å². The Morgan fingerprint density at radius 3 is 2.96 bits per heavy atom. The number of esters is 1. The number of nitrogens with zero attached hydrogens (tertiary/aromatic N) is 3. The predicted molar refractivity (Wildman–Crippen MR) is 90.6 cm³/mol. The second-order valence-electron chi connectivity index (χ2n) is 4.96. The Morgan fingerprint density at radius 1 is 1.46 bits per heavy atom. The van der Waals surface area contributed by atoms with Crippen molar-refractivity contribution in [2.24, 2.45) is 4.99 Å². The standard InChI is InChI=1S/C14H13ClFN3O3S2/c1-22-12(20)7-23-11-6-10(9(16)5-8(11)15)17-13-18-3-2-4-19(18)14(21)24-13/h5-6H,2-4,7H2,1H3. The molecule has 1 aliphatic heterocycles. The smallest absolute Gasteiger partial charge is 0.325 e. The molecule has 6 nitrogen and oxygen atoms in total. The lowest BCUT2D eigenvalue weighted by Crippen LogP contribution is -2.19. The van der Waals surface area contributed by atoms with Crippen LogP contribution in [0.3, 0.4) is 0 Å². The molecule has 0 spiro atoms. The quantitative estimate of drug-likeness (QED) is 0.595. The van der Waals surface area contributed by atoms with Gasteiger partial charge in [0.1, 0.15) is 11.5 Å². The normalized spacial score (nSPS) is 14.0. The van der Waals surface area contributed by atoms with Gasteiger partial charge in [0.25, 0.3) is 0 Å². The maximum Gasteiger partial charge on any atom is 0.325 e. The molecular formula is C14H13ClFN3O3S2. The first-order valence-corrected chi connectivity index (χ1v) is 9.21. The summed E-state index contributed by atoms with van der Waals surface area (Å²) in [5, 5.41) is 0.198. The molecule has 0 saturated carbocycles. The summed E-state index contributed by atoms with van der Waals surface area (Å²) in [4.78, 5) is 28.3. The van der Waals surface area contributed by atoms with E-state index in [1.807, 2.05) is 0 Å². The van der Waals surface area contributed by atoms with Crippen LogP contribution in [0.25, 0.3) is 0 Å². The first-order chi connectivity index (χ1) is 11.5. The zero-order chi connectivity index (χ0) is 17.3. The molecule has 0 N–H and O–H groups in total. The van der Waals surface area contributed by atoms with Crippen LogP contribution >= 0.6 is 34.7 Å². The molecule has 0 amide bonds. The number of halogens is 2. The van der Waals surface area contributed by atoms with Gasteiger partial charge in [-0.05, 0) is 29.9 Å². The molecular weight excluding hydrogens is 377 g/mol. The van der Waals surface area contributed by atoms with E-state index in [1.54, 1.807) is 9.36 Å². The third kappa shape index (κ3) is 3.42. The Balaban J connectivity index is 1.99. The van der Waals surface area contributed by atoms with E-state index in [1.165, 1.54) is 13.2 Å². The molecule has 0 radical (unpaired) electrons. The van der Waals surface area contributed by atoms with Crippen LogP contribution in [0.1, 0.15) is 6.42 Å². The number of carbonyl (C=O) groups excluding carboxylic acids is 1. The van der Waals surface area contributed by atoms with Gasteiger partial charge < -0.3 is 4.74 Å². The zero-order valence-electron chi connectivity index (χ0n) is 12.6. The molecule has 2 heterocycles. The van der Waals surface area contributed by atoms with E-state index in [9.17, 15) is 14.0 Å². The van der Waals surface area contributed by atoms with Crippen molar-refractivity contribution < 1.29 is 13.9 Å². The first kappa shape index (κ1) is 17.2. The molecule has 3 rings (SSSR count). The van der Waals surface area contributed by atoms with Crippen LogP contribution in [0.15, 0.2) is 26.8 Å². The molecule has 2 aromatic rings. The van der Waals surface area contributed by atoms with Gasteiger partial charge in [-0.3, -0.25) is 14.3 Å². The third-order valence-electron chi connectivity index (χ3n) is 3.43. The fourth-order valence-corrected chi connectivity index (χ4v) is 4.27. The molecule has 0 atom stereocenters. The summed E-state index contributed by atoms with van der Waals surface area (Å²) in [6.07, 6.45) is 0.856. The summed E-state index contributed by atoms with van der Waals surface area (Å²) in [6, 6.07) is 2.63. The molecule has 128 valence electrons. The largest absolute Gasteiger partial charge is 0.468 e. The summed E-state index contributed by atoms with van der Waals surface area (Å²) in [5.41, 5.74) is 0.0795. The van der Waals surface area contributed by atoms with Gasteiger partial charge >= 0.3 is 10.8 Å². The third-order valence-corrected chi connectivity index (χ3v) is 5.76. The van der Waals surface area contributed by atoms with E-state index in [0.717, 1.165) is 35.6 Å². The van der Waals surface area contributed by atoms with Gasteiger partial charge in [0.15, 0.2) is 0 Å². The van der Waals surface area contributed by atoms with Gasteiger partial charge in [-0.25, -0.2) is 14.1 Å². The van der Waals surface area contributed by atoms with E-state index in [-0.39, 0.29) is 21.3 Å². The molecule has 1 aliphatic rings. The van der Waals surface area contributed by atoms with Crippen molar-refractivity contribution in [1.82, 2.24) is 9.36 Å². The monoisotopic (exact) mass is 389 g/mol. The highest BCUT2D eigenvalue weighted by Crippen LogP contribution is 2.33. The minimum absolute atomic E-state index is 0.0605. The molecule has 0 bridgehead atoms. The Morgan fingerprint density at radius 2 is 2.21 bits per heavy atom.